The fourth-order valence-electron chi connectivity index (χ4n) is 0.618. The van der Waals surface area contributed by atoms with E-state index in [-0.39, 0.29) is 9.23 Å². The molecule has 0 aliphatic carbocycles. The molecule has 0 saturated carbocycles. The first kappa shape index (κ1) is 10.3. The largest absolute Gasteiger partial charge is 0.242 e. The van der Waals surface area contributed by atoms with Crippen molar-refractivity contribution in [3.8, 4) is 0 Å². The summed E-state index contributed by atoms with van der Waals surface area (Å²) in [5.41, 5.74) is 0. The van der Waals surface area contributed by atoms with Crippen LogP contribution in [-0.2, 0) is 10.0 Å². The molecule has 0 spiro atoms. The van der Waals surface area contributed by atoms with Crippen molar-refractivity contribution in [2.24, 2.45) is 0 Å². The zero-order chi connectivity index (χ0) is 9.35. The van der Waals surface area contributed by atoms with Gasteiger partial charge in [-0.2, -0.15) is 0 Å². The van der Waals surface area contributed by atoms with Crippen molar-refractivity contribution in [1.82, 2.24) is 4.72 Å². The van der Waals surface area contributed by atoms with Gasteiger partial charge in [0.2, 0.25) is 10.0 Å². The van der Waals surface area contributed by atoms with Gasteiger partial charge in [0.15, 0.2) is 0 Å². The summed E-state index contributed by atoms with van der Waals surface area (Å²) in [7, 11) is -2.15. The van der Waals surface area contributed by atoms with Crippen LogP contribution in [0.1, 0.15) is 0 Å². The number of sulfonamides is 1. The van der Waals surface area contributed by atoms with Gasteiger partial charge in [-0.1, -0.05) is 23.2 Å². The monoisotopic (exact) mass is 245 g/mol. The standard InChI is InChI=1S/C5H5Cl2NO2S2/c1-8-12(9,10)3-2-4(6)11-5(3)7/h2,8H,1H3. The predicted molar refractivity (Wildman–Crippen MR) is 50.6 cm³/mol. The Hall–Kier alpha value is 0.190. The van der Waals surface area contributed by atoms with Crippen molar-refractivity contribution in [3.63, 3.8) is 0 Å². The molecule has 0 bridgehead atoms. The number of nitrogens with one attached hydrogen (secondary N) is 1. The van der Waals surface area contributed by atoms with Crippen LogP contribution in [0.25, 0.3) is 0 Å². The van der Waals surface area contributed by atoms with Crippen LogP contribution < -0.4 is 4.72 Å². The van der Waals surface area contributed by atoms with E-state index >= 15 is 0 Å². The Morgan fingerprint density at radius 2 is 2.08 bits per heavy atom. The maximum absolute atomic E-state index is 11.2. The Morgan fingerprint density at radius 3 is 2.42 bits per heavy atom. The number of halogens is 2. The van der Waals surface area contributed by atoms with E-state index in [2.05, 4.69) is 4.72 Å². The Labute approximate surface area is 84.4 Å². The van der Waals surface area contributed by atoms with E-state index in [0.717, 1.165) is 11.3 Å². The van der Waals surface area contributed by atoms with Crippen molar-refractivity contribution < 1.29 is 8.42 Å². The average Bonchev–Trinajstić information content (AvgIpc) is 2.31. The minimum atomic E-state index is -3.46. The summed E-state index contributed by atoms with van der Waals surface area (Å²) in [6, 6.07) is 1.32. The van der Waals surface area contributed by atoms with Gasteiger partial charge in [0.05, 0.1) is 4.34 Å². The molecular formula is C5H5Cl2NO2S2. The normalized spacial score (nSPS) is 11.9. The van der Waals surface area contributed by atoms with E-state index in [9.17, 15) is 8.42 Å². The summed E-state index contributed by atoms with van der Waals surface area (Å²) in [4.78, 5) is 0.0293. The topological polar surface area (TPSA) is 46.2 Å². The van der Waals surface area contributed by atoms with Gasteiger partial charge >= 0.3 is 0 Å². The number of rotatable bonds is 2. The lowest BCUT2D eigenvalue weighted by atomic mass is 10.7. The SMILES string of the molecule is CNS(=O)(=O)c1cc(Cl)sc1Cl. The maximum atomic E-state index is 11.2. The number of hydrogen-bond donors (Lipinski definition) is 1. The van der Waals surface area contributed by atoms with Gasteiger partial charge in [0.1, 0.15) is 9.23 Å². The smallest absolute Gasteiger partial charge is 0.214 e. The lowest BCUT2D eigenvalue weighted by molar-refractivity contribution is 0.588. The van der Waals surface area contributed by atoms with E-state index < -0.39 is 10.0 Å². The molecule has 1 rings (SSSR count). The highest BCUT2D eigenvalue weighted by Crippen LogP contribution is 2.33. The van der Waals surface area contributed by atoms with E-state index in [1.807, 2.05) is 0 Å². The molecule has 0 aliphatic rings. The van der Waals surface area contributed by atoms with Crippen LogP contribution in [-0.4, -0.2) is 15.5 Å². The van der Waals surface area contributed by atoms with Crippen LogP contribution in [0.2, 0.25) is 8.67 Å². The van der Waals surface area contributed by atoms with Crippen molar-refractivity contribution in [2.45, 2.75) is 4.90 Å². The Balaban J connectivity index is 3.29. The fourth-order valence-corrected chi connectivity index (χ4v) is 3.49. The first-order valence-corrected chi connectivity index (χ1v) is 5.91. The first-order chi connectivity index (χ1) is 5.47. The number of thiophene rings is 1. The fraction of sp³-hybridized carbons (Fsp3) is 0.200. The van der Waals surface area contributed by atoms with Crippen LogP contribution in [0.5, 0.6) is 0 Å². The maximum Gasteiger partial charge on any atom is 0.242 e. The minimum absolute atomic E-state index is 0.0293. The molecule has 1 aromatic rings. The molecule has 0 fully saturated rings. The molecule has 0 unspecified atom stereocenters. The summed E-state index contributed by atoms with van der Waals surface area (Å²) >= 11 is 12.2. The molecule has 0 radical (unpaired) electrons. The van der Waals surface area contributed by atoms with E-state index in [1.165, 1.54) is 13.1 Å². The van der Waals surface area contributed by atoms with Gasteiger partial charge in [0.25, 0.3) is 0 Å². The van der Waals surface area contributed by atoms with Gasteiger partial charge in [-0.25, -0.2) is 13.1 Å². The Bertz CT molecular complexity index is 384. The predicted octanol–water partition coefficient (Wildman–Crippen LogP) is 1.96. The van der Waals surface area contributed by atoms with Gasteiger partial charge in [0, 0.05) is 0 Å². The van der Waals surface area contributed by atoms with Crippen LogP contribution in [0.15, 0.2) is 11.0 Å². The Morgan fingerprint density at radius 1 is 1.50 bits per heavy atom. The van der Waals surface area contributed by atoms with Crippen molar-refractivity contribution >= 4 is 44.6 Å². The molecule has 0 amide bonds. The van der Waals surface area contributed by atoms with E-state index in [4.69, 9.17) is 23.2 Å². The highest BCUT2D eigenvalue weighted by atomic mass is 35.5. The molecule has 7 heteroatoms. The molecule has 3 nitrogen and oxygen atoms in total. The molecular weight excluding hydrogens is 241 g/mol. The molecule has 68 valence electrons. The highest BCUT2D eigenvalue weighted by molar-refractivity contribution is 7.89. The van der Waals surface area contributed by atoms with Crippen LogP contribution in [0.3, 0.4) is 0 Å². The summed E-state index contributed by atoms with van der Waals surface area (Å²) in [5.74, 6) is 0. The summed E-state index contributed by atoms with van der Waals surface area (Å²) < 4.78 is 25.1. The third-order valence-corrected chi connectivity index (χ3v) is 4.35. The Kier molecular flexibility index (Phi) is 3.01. The van der Waals surface area contributed by atoms with E-state index in [0.29, 0.717) is 4.34 Å². The quantitative estimate of drug-likeness (QED) is 0.867. The third-order valence-electron chi connectivity index (χ3n) is 1.18. The molecule has 12 heavy (non-hydrogen) atoms. The minimum Gasteiger partial charge on any atom is -0.214 e. The van der Waals surface area contributed by atoms with Crippen molar-refractivity contribution in [3.05, 3.63) is 14.7 Å². The molecule has 0 saturated heterocycles. The van der Waals surface area contributed by atoms with Gasteiger partial charge in [-0.05, 0) is 13.1 Å². The zero-order valence-corrected chi connectivity index (χ0v) is 9.11. The molecule has 0 aliphatic heterocycles. The highest BCUT2D eigenvalue weighted by Gasteiger charge is 2.18. The molecule has 1 N–H and O–H groups in total. The zero-order valence-electron chi connectivity index (χ0n) is 5.97. The number of hydrogen-bond acceptors (Lipinski definition) is 3. The molecule has 1 heterocycles. The first-order valence-electron chi connectivity index (χ1n) is 2.86. The van der Waals surface area contributed by atoms with E-state index in [1.54, 1.807) is 0 Å². The lowest BCUT2D eigenvalue weighted by Crippen LogP contribution is -2.18. The second kappa shape index (κ2) is 3.51. The van der Waals surface area contributed by atoms with Gasteiger partial charge < -0.3 is 0 Å². The summed E-state index contributed by atoms with van der Waals surface area (Å²) in [5, 5.41) is 0. The summed E-state index contributed by atoms with van der Waals surface area (Å²) in [6.07, 6.45) is 0. The average molecular weight is 246 g/mol. The molecule has 0 atom stereocenters. The molecule has 1 aromatic heterocycles. The third kappa shape index (κ3) is 1.92. The van der Waals surface area contributed by atoms with Crippen LogP contribution in [0, 0.1) is 0 Å². The lowest BCUT2D eigenvalue weighted by Gasteiger charge is -1.97. The van der Waals surface area contributed by atoms with Gasteiger partial charge in [-0.15, -0.1) is 11.3 Å². The molecule has 0 aromatic carbocycles. The second-order valence-electron chi connectivity index (χ2n) is 1.90. The second-order valence-corrected chi connectivity index (χ2v) is 6.04. The van der Waals surface area contributed by atoms with Crippen LogP contribution in [0.4, 0.5) is 0 Å². The van der Waals surface area contributed by atoms with Gasteiger partial charge in [-0.3, -0.25) is 0 Å². The van der Waals surface area contributed by atoms with Crippen molar-refractivity contribution in [2.75, 3.05) is 7.05 Å². The van der Waals surface area contributed by atoms with Crippen molar-refractivity contribution in [1.29, 1.82) is 0 Å². The summed E-state index contributed by atoms with van der Waals surface area (Å²) in [6.45, 7) is 0. The van der Waals surface area contributed by atoms with Crippen LogP contribution >= 0.6 is 34.5 Å².